The quantitative estimate of drug-likeness (QED) is 0.648. The van der Waals surface area contributed by atoms with E-state index in [9.17, 15) is 4.39 Å². The number of rotatable bonds is 3. The summed E-state index contributed by atoms with van der Waals surface area (Å²) in [5.74, 6) is 0.707. The van der Waals surface area contributed by atoms with E-state index in [1.807, 2.05) is 34.3 Å². The van der Waals surface area contributed by atoms with Crippen molar-refractivity contribution < 1.29 is 4.39 Å². The van der Waals surface area contributed by atoms with Crippen LogP contribution in [0.15, 0.2) is 36.9 Å². The largest absolute Gasteiger partial charge is 0.238 e. The van der Waals surface area contributed by atoms with Crippen LogP contribution in [-0.2, 0) is 0 Å². The van der Waals surface area contributed by atoms with Crippen molar-refractivity contribution in [2.24, 2.45) is 0 Å². The molecule has 2 atom stereocenters. The molecule has 2 rings (SSSR count). The number of halogens is 1. The Balaban J connectivity index is 2.19. The minimum atomic E-state index is -0.185. The first-order chi connectivity index (χ1) is 7.72. The van der Waals surface area contributed by atoms with Crippen LogP contribution < -0.4 is 0 Å². The van der Waals surface area contributed by atoms with Gasteiger partial charge >= 0.3 is 0 Å². The summed E-state index contributed by atoms with van der Waals surface area (Å²) in [4.78, 5) is 0. The first-order valence-electron chi connectivity index (χ1n) is 5.16. The van der Waals surface area contributed by atoms with Crippen LogP contribution in [0, 0.1) is 5.82 Å². The molecule has 1 aromatic carbocycles. The molecule has 1 aromatic rings. The fourth-order valence-electron chi connectivity index (χ4n) is 1.91. The van der Waals surface area contributed by atoms with Gasteiger partial charge in [-0.25, -0.2) is 8.70 Å². The normalized spacial score (nSPS) is 25.9. The minimum absolute atomic E-state index is 0.185. The average molecular weight is 255 g/mol. The van der Waals surface area contributed by atoms with Crippen LogP contribution in [-0.4, -0.2) is 16.2 Å². The van der Waals surface area contributed by atoms with Gasteiger partial charge in [0, 0.05) is 11.3 Å². The highest BCUT2D eigenvalue weighted by molar-refractivity contribution is 8.00. The van der Waals surface area contributed by atoms with Crippen molar-refractivity contribution in [3.05, 3.63) is 48.3 Å². The highest BCUT2D eigenvalue weighted by Gasteiger charge is 2.33. The highest BCUT2D eigenvalue weighted by Crippen LogP contribution is 2.43. The molecule has 0 radical (unpaired) electrons. The molecule has 1 aliphatic heterocycles. The Hall–Kier alpha value is -0.450. The summed E-state index contributed by atoms with van der Waals surface area (Å²) in [6.07, 6.45) is 2.81. The van der Waals surface area contributed by atoms with Gasteiger partial charge in [0.2, 0.25) is 0 Å². The lowest BCUT2D eigenvalue weighted by molar-refractivity contribution is 0.420. The molecular weight excluding hydrogens is 241 g/mol. The average Bonchev–Trinajstić information content (AvgIpc) is 2.63. The molecule has 1 aliphatic rings. The molecule has 0 spiro atoms. The van der Waals surface area contributed by atoms with E-state index < -0.39 is 0 Å². The van der Waals surface area contributed by atoms with Gasteiger partial charge in [0.1, 0.15) is 5.82 Å². The zero-order valence-corrected chi connectivity index (χ0v) is 10.6. The third kappa shape index (κ3) is 2.44. The molecule has 0 aliphatic carbocycles. The second-order valence-electron chi connectivity index (χ2n) is 3.80. The smallest absolute Gasteiger partial charge is 0.123 e. The molecule has 1 fully saturated rings. The van der Waals surface area contributed by atoms with E-state index in [4.69, 9.17) is 0 Å². The maximum Gasteiger partial charge on any atom is 0.123 e. The van der Waals surface area contributed by atoms with Gasteiger partial charge in [-0.15, -0.1) is 18.3 Å². The molecule has 0 aromatic heterocycles. The lowest BCUT2D eigenvalue weighted by Crippen LogP contribution is -2.23. The first-order valence-corrected chi connectivity index (χ1v) is 6.60. The van der Waals surface area contributed by atoms with Gasteiger partial charge < -0.3 is 0 Å². The number of benzene rings is 1. The van der Waals surface area contributed by atoms with Crippen molar-refractivity contribution in [1.82, 2.24) is 4.31 Å². The van der Waals surface area contributed by atoms with Crippen molar-refractivity contribution >= 4 is 24.6 Å². The summed E-state index contributed by atoms with van der Waals surface area (Å²) in [5.41, 5.74) is 1.16. The molecule has 16 heavy (non-hydrogen) atoms. The second kappa shape index (κ2) is 5.25. The molecule has 1 nitrogen and oxygen atoms in total. The zero-order valence-electron chi connectivity index (χ0n) is 8.84. The fraction of sp³-hybridized carbons (Fsp3) is 0.333. The summed E-state index contributed by atoms with van der Waals surface area (Å²) >= 11 is 6.28. The van der Waals surface area contributed by atoms with E-state index in [0.717, 1.165) is 17.9 Å². The van der Waals surface area contributed by atoms with Crippen molar-refractivity contribution in [2.75, 3.05) is 5.88 Å². The standard InChI is InChI=1S/C12H14FNS2/c1-2-3-11-12(16-8-14(11)15)9-4-6-10(13)7-5-9/h2,4-7,11-12,15H,1,3,8H2. The van der Waals surface area contributed by atoms with Gasteiger partial charge in [0.05, 0.1) is 5.88 Å². The summed E-state index contributed by atoms with van der Waals surface area (Å²) in [7, 11) is 0. The molecule has 2 unspecified atom stereocenters. The van der Waals surface area contributed by atoms with E-state index in [2.05, 4.69) is 19.4 Å². The molecule has 0 saturated carbocycles. The Morgan fingerprint density at radius 2 is 2.19 bits per heavy atom. The van der Waals surface area contributed by atoms with Crippen molar-refractivity contribution in [3.63, 3.8) is 0 Å². The maximum absolute atomic E-state index is 12.8. The maximum atomic E-state index is 12.8. The molecule has 4 heteroatoms. The number of hydrogen-bond acceptors (Lipinski definition) is 3. The lowest BCUT2D eigenvalue weighted by atomic mass is 10.0. The Bertz CT molecular complexity index is 366. The summed E-state index contributed by atoms with van der Waals surface area (Å²) in [6.45, 7) is 3.77. The van der Waals surface area contributed by atoms with Gasteiger partial charge in [-0.05, 0) is 24.1 Å². The first kappa shape index (κ1) is 12.0. The SMILES string of the molecule is C=CCC1C(c2ccc(F)cc2)SCN1S. The molecule has 1 saturated heterocycles. The number of thioether (sulfide) groups is 1. The Morgan fingerprint density at radius 1 is 1.50 bits per heavy atom. The molecule has 0 N–H and O–H groups in total. The number of hydrogen-bond donors (Lipinski definition) is 1. The predicted octanol–water partition coefficient (Wildman–Crippen LogP) is 3.66. The van der Waals surface area contributed by atoms with Crippen LogP contribution in [0.4, 0.5) is 4.39 Å². The molecule has 0 amide bonds. The third-order valence-electron chi connectivity index (χ3n) is 2.73. The van der Waals surface area contributed by atoms with Crippen LogP contribution in [0.25, 0.3) is 0 Å². The van der Waals surface area contributed by atoms with E-state index in [-0.39, 0.29) is 5.82 Å². The fourth-order valence-corrected chi connectivity index (χ4v) is 3.76. The van der Waals surface area contributed by atoms with Crippen LogP contribution in [0.2, 0.25) is 0 Å². The van der Waals surface area contributed by atoms with E-state index >= 15 is 0 Å². The van der Waals surface area contributed by atoms with Gasteiger partial charge in [0.25, 0.3) is 0 Å². The van der Waals surface area contributed by atoms with Crippen LogP contribution in [0.3, 0.4) is 0 Å². The molecule has 0 bridgehead atoms. The Morgan fingerprint density at radius 3 is 2.81 bits per heavy atom. The Kier molecular flexibility index (Phi) is 3.95. The van der Waals surface area contributed by atoms with Crippen molar-refractivity contribution in [3.8, 4) is 0 Å². The zero-order chi connectivity index (χ0) is 11.5. The van der Waals surface area contributed by atoms with Crippen molar-refractivity contribution in [2.45, 2.75) is 17.7 Å². The van der Waals surface area contributed by atoms with Gasteiger partial charge in [-0.2, -0.15) is 0 Å². The highest BCUT2D eigenvalue weighted by atomic mass is 32.2. The minimum Gasteiger partial charge on any atom is -0.238 e. The molecule has 1 heterocycles. The monoisotopic (exact) mass is 255 g/mol. The van der Waals surface area contributed by atoms with Crippen LogP contribution >= 0.6 is 24.6 Å². The summed E-state index contributed by atoms with van der Waals surface area (Å²) in [6, 6.07) is 7.09. The topological polar surface area (TPSA) is 3.24 Å². The Labute approximate surface area is 105 Å². The number of nitrogens with zero attached hydrogens (tertiary/aromatic N) is 1. The van der Waals surface area contributed by atoms with Crippen LogP contribution in [0.5, 0.6) is 0 Å². The van der Waals surface area contributed by atoms with E-state index in [1.54, 1.807) is 0 Å². The predicted molar refractivity (Wildman–Crippen MR) is 71.0 cm³/mol. The third-order valence-corrected chi connectivity index (χ3v) is 4.73. The van der Waals surface area contributed by atoms with Crippen molar-refractivity contribution in [1.29, 1.82) is 0 Å². The summed E-state index contributed by atoms with van der Waals surface area (Å²) < 4.78 is 14.9. The van der Waals surface area contributed by atoms with E-state index in [1.165, 1.54) is 12.1 Å². The molecular formula is C12H14FNS2. The summed E-state index contributed by atoms with van der Waals surface area (Å²) in [5, 5.41) is 0.357. The van der Waals surface area contributed by atoms with Gasteiger partial charge in [0.15, 0.2) is 0 Å². The second-order valence-corrected chi connectivity index (χ2v) is 5.41. The number of thiol groups is 1. The lowest BCUT2D eigenvalue weighted by Gasteiger charge is -2.21. The molecule has 86 valence electrons. The van der Waals surface area contributed by atoms with Gasteiger partial charge in [-0.3, -0.25) is 0 Å². The van der Waals surface area contributed by atoms with Gasteiger partial charge in [-0.1, -0.05) is 31.0 Å². The van der Waals surface area contributed by atoms with E-state index in [0.29, 0.717) is 11.3 Å². The van der Waals surface area contributed by atoms with Crippen LogP contribution in [0.1, 0.15) is 17.2 Å².